The fraction of sp³-hybridized carbons (Fsp3) is 0.833. The van der Waals surface area contributed by atoms with Gasteiger partial charge in [0.2, 0.25) is 0 Å². The molecule has 2 aliphatic carbocycles. The summed E-state index contributed by atoms with van der Waals surface area (Å²) in [6.07, 6.45) is 13.5. The average molecular weight is 306 g/mol. The fourth-order valence-corrected chi connectivity index (χ4v) is 3.36. The van der Waals surface area contributed by atoms with E-state index < -0.39 is 0 Å². The number of allylic oxidation sites excluding steroid dienone is 1. The minimum atomic E-state index is 0.108. The molecule has 4 nitrogen and oxygen atoms in total. The second-order valence-electron chi connectivity index (χ2n) is 7.05. The Labute approximate surface area is 134 Å². The van der Waals surface area contributed by atoms with Crippen molar-refractivity contribution >= 4 is 6.03 Å². The molecule has 1 saturated carbocycles. The maximum atomic E-state index is 12.2. The maximum Gasteiger partial charge on any atom is 0.317 e. The van der Waals surface area contributed by atoms with Gasteiger partial charge in [0.05, 0.1) is 6.10 Å². The van der Waals surface area contributed by atoms with Crippen LogP contribution in [0.1, 0.15) is 57.8 Å². The second kappa shape index (κ2) is 8.00. The molecule has 22 heavy (non-hydrogen) atoms. The Hall–Kier alpha value is -1.03. The summed E-state index contributed by atoms with van der Waals surface area (Å²) in [5.74, 6) is 0.829. The Balaban J connectivity index is 1.28. The summed E-state index contributed by atoms with van der Waals surface area (Å²) in [7, 11) is 0. The van der Waals surface area contributed by atoms with Gasteiger partial charge in [-0.1, -0.05) is 11.6 Å². The molecule has 124 valence electrons. The molecule has 0 unspecified atom stereocenters. The highest BCUT2D eigenvalue weighted by Crippen LogP contribution is 2.30. The molecule has 0 aromatic carbocycles. The Morgan fingerprint density at radius 3 is 2.73 bits per heavy atom. The smallest absolute Gasteiger partial charge is 0.317 e. The number of amides is 2. The largest absolute Gasteiger partial charge is 0.378 e. The van der Waals surface area contributed by atoms with Crippen LogP contribution in [0.4, 0.5) is 4.79 Å². The van der Waals surface area contributed by atoms with Gasteiger partial charge in [0.25, 0.3) is 0 Å². The molecule has 1 heterocycles. The first-order chi connectivity index (χ1) is 10.8. The third-order valence-electron chi connectivity index (χ3n) is 5.10. The van der Waals surface area contributed by atoms with E-state index in [1.165, 1.54) is 44.1 Å². The molecule has 3 rings (SSSR count). The molecule has 0 bridgehead atoms. The average Bonchev–Trinajstić information content (AvgIpc) is 3.39. The fourth-order valence-electron chi connectivity index (χ4n) is 3.36. The number of carbonyl (C=O) groups is 1. The predicted octanol–water partition coefficient (Wildman–Crippen LogP) is 3.48. The number of nitrogens with one attached hydrogen (secondary N) is 1. The van der Waals surface area contributed by atoms with Crippen LogP contribution in [-0.2, 0) is 4.74 Å². The number of ether oxygens (including phenoxy) is 1. The van der Waals surface area contributed by atoms with E-state index in [4.69, 9.17) is 4.74 Å². The van der Waals surface area contributed by atoms with Crippen molar-refractivity contribution in [2.75, 3.05) is 26.2 Å². The van der Waals surface area contributed by atoms with Crippen LogP contribution in [0.2, 0.25) is 0 Å². The minimum absolute atomic E-state index is 0.108. The molecule has 2 fully saturated rings. The van der Waals surface area contributed by atoms with Gasteiger partial charge in [0.1, 0.15) is 0 Å². The van der Waals surface area contributed by atoms with Crippen LogP contribution in [0, 0.1) is 5.92 Å². The van der Waals surface area contributed by atoms with Crippen LogP contribution in [-0.4, -0.2) is 43.3 Å². The van der Waals surface area contributed by atoms with Crippen LogP contribution in [0.15, 0.2) is 11.6 Å². The van der Waals surface area contributed by atoms with Gasteiger partial charge in [-0.25, -0.2) is 4.79 Å². The molecular formula is C18H30N2O2. The topological polar surface area (TPSA) is 41.6 Å². The van der Waals surface area contributed by atoms with E-state index in [-0.39, 0.29) is 6.03 Å². The summed E-state index contributed by atoms with van der Waals surface area (Å²) in [6, 6.07) is 0.108. The lowest BCUT2D eigenvalue weighted by atomic mass is 9.97. The van der Waals surface area contributed by atoms with E-state index >= 15 is 0 Å². The molecular weight excluding hydrogens is 276 g/mol. The van der Waals surface area contributed by atoms with Gasteiger partial charge in [-0.05, 0) is 63.7 Å². The van der Waals surface area contributed by atoms with Gasteiger partial charge in [-0.3, -0.25) is 0 Å². The van der Waals surface area contributed by atoms with E-state index in [1.54, 1.807) is 0 Å². The summed E-state index contributed by atoms with van der Waals surface area (Å²) in [5.41, 5.74) is 1.53. The van der Waals surface area contributed by atoms with Crippen LogP contribution in [0.5, 0.6) is 0 Å². The summed E-state index contributed by atoms with van der Waals surface area (Å²) in [4.78, 5) is 14.1. The Kier molecular flexibility index (Phi) is 5.76. The summed E-state index contributed by atoms with van der Waals surface area (Å²) in [5, 5.41) is 3.08. The van der Waals surface area contributed by atoms with Crippen molar-refractivity contribution in [3.05, 3.63) is 11.6 Å². The molecule has 0 atom stereocenters. The third-order valence-corrected chi connectivity index (χ3v) is 5.10. The highest BCUT2D eigenvalue weighted by Gasteiger charge is 2.26. The predicted molar refractivity (Wildman–Crippen MR) is 87.8 cm³/mol. The number of nitrogens with zero attached hydrogens (tertiary/aromatic N) is 1. The van der Waals surface area contributed by atoms with Gasteiger partial charge < -0.3 is 15.0 Å². The summed E-state index contributed by atoms with van der Waals surface area (Å²) in [6.45, 7) is 3.39. The number of piperidine rings is 1. The van der Waals surface area contributed by atoms with Crippen molar-refractivity contribution in [2.45, 2.75) is 63.9 Å². The zero-order chi connectivity index (χ0) is 15.2. The normalized spacial score (nSPS) is 23.3. The van der Waals surface area contributed by atoms with Crippen LogP contribution < -0.4 is 5.32 Å². The van der Waals surface area contributed by atoms with Crippen LogP contribution in [0.3, 0.4) is 0 Å². The Morgan fingerprint density at radius 2 is 2.05 bits per heavy atom. The van der Waals surface area contributed by atoms with Crippen molar-refractivity contribution in [1.29, 1.82) is 0 Å². The highest BCUT2D eigenvalue weighted by molar-refractivity contribution is 5.74. The van der Waals surface area contributed by atoms with Crippen LogP contribution in [0.25, 0.3) is 0 Å². The summed E-state index contributed by atoms with van der Waals surface area (Å²) < 4.78 is 5.93. The zero-order valence-corrected chi connectivity index (χ0v) is 13.7. The minimum Gasteiger partial charge on any atom is -0.378 e. The first kappa shape index (κ1) is 15.9. The number of urea groups is 1. The molecule has 1 N–H and O–H groups in total. The number of likely N-dealkylation sites (tertiary alicyclic amines) is 1. The quantitative estimate of drug-likeness (QED) is 0.763. The van der Waals surface area contributed by atoms with Gasteiger partial charge in [-0.2, -0.15) is 0 Å². The number of carbonyl (C=O) groups excluding carboxylic acids is 1. The number of hydrogen-bond acceptors (Lipinski definition) is 2. The molecule has 1 aliphatic heterocycles. The van der Waals surface area contributed by atoms with Gasteiger partial charge in [0.15, 0.2) is 0 Å². The number of rotatable bonds is 6. The SMILES string of the molecule is O=C(NCCC1=CCCCC1)N1CCC(OCC2CC2)CC1. The maximum absolute atomic E-state index is 12.2. The van der Waals surface area contributed by atoms with E-state index in [0.29, 0.717) is 6.10 Å². The lowest BCUT2D eigenvalue weighted by Crippen LogP contribution is -2.46. The summed E-state index contributed by atoms with van der Waals surface area (Å²) >= 11 is 0. The highest BCUT2D eigenvalue weighted by atomic mass is 16.5. The molecule has 0 spiro atoms. The second-order valence-corrected chi connectivity index (χ2v) is 7.05. The van der Waals surface area contributed by atoms with Crippen molar-refractivity contribution in [3.63, 3.8) is 0 Å². The first-order valence-corrected chi connectivity index (χ1v) is 9.13. The standard InChI is InChI=1S/C18H30N2O2/c21-18(19-11-8-15-4-2-1-3-5-15)20-12-9-17(10-13-20)22-14-16-6-7-16/h4,16-17H,1-3,5-14H2,(H,19,21). The molecule has 4 heteroatoms. The Morgan fingerprint density at radius 1 is 1.23 bits per heavy atom. The van der Waals surface area contributed by atoms with Gasteiger partial charge >= 0.3 is 6.03 Å². The lowest BCUT2D eigenvalue weighted by molar-refractivity contribution is 0.00951. The zero-order valence-electron chi connectivity index (χ0n) is 13.7. The van der Waals surface area contributed by atoms with Crippen molar-refractivity contribution in [3.8, 4) is 0 Å². The van der Waals surface area contributed by atoms with E-state index in [9.17, 15) is 4.79 Å². The van der Waals surface area contributed by atoms with Crippen LogP contribution >= 0.6 is 0 Å². The first-order valence-electron chi connectivity index (χ1n) is 9.13. The van der Waals surface area contributed by atoms with Gasteiger partial charge in [-0.15, -0.1) is 0 Å². The van der Waals surface area contributed by atoms with Crippen molar-refractivity contribution in [1.82, 2.24) is 10.2 Å². The molecule has 1 saturated heterocycles. The third kappa shape index (κ3) is 5.01. The lowest BCUT2D eigenvalue weighted by Gasteiger charge is -2.32. The van der Waals surface area contributed by atoms with Crippen molar-refractivity contribution < 1.29 is 9.53 Å². The monoisotopic (exact) mass is 306 g/mol. The molecule has 0 aromatic heterocycles. The Bertz CT molecular complexity index is 396. The molecule has 0 radical (unpaired) electrons. The molecule has 0 aromatic rings. The van der Waals surface area contributed by atoms with Gasteiger partial charge in [0, 0.05) is 26.2 Å². The van der Waals surface area contributed by atoms with E-state index in [1.807, 2.05) is 4.90 Å². The molecule has 2 amide bonds. The number of hydrogen-bond donors (Lipinski definition) is 1. The van der Waals surface area contributed by atoms with E-state index in [2.05, 4.69) is 11.4 Å². The van der Waals surface area contributed by atoms with Crippen molar-refractivity contribution in [2.24, 2.45) is 5.92 Å². The van der Waals surface area contributed by atoms with E-state index in [0.717, 1.165) is 51.4 Å². The molecule has 3 aliphatic rings.